The summed E-state index contributed by atoms with van der Waals surface area (Å²) in [6, 6.07) is 20.0. The molecular formula is C19H19NO2. The normalized spacial score (nSPS) is 12.3. The largest absolute Gasteiger partial charge is 0.440 e. The number of aliphatic hydroxyl groups is 1. The van der Waals surface area contributed by atoms with Crippen molar-refractivity contribution in [3.05, 3.63) is 66.6 Å². The van der Waals surface area contributed by atoms with E-state index < -0.39 is 0 Å². The molecule has 0 fully saturated rings. The van der Waals surface area contributed by atoms with Gasteiger partial charge in [0.05, 0.1) is 6.10 Å². The van der Waals surface area contributed by atoms with Crippen molar-refractivity contribution in [1.29, 1.82) is 0 Å². The second-order valence-corrected chi connectivity index (χ2v) is 5.41. The zero-order valence-corrected chi connectivity index (χ0v) is 12.6. The van der Waals surface area contributed by atoms with Gasteiger partial charge in [0, 0.05) is 17.5 Å². The van der Waals surface area contributed by atoms with Crippen LogP contribution in [0.25, 0.3) is 22.6 Å². The van der Waals surface area contributed by atoms with Gasteiger partial charge in [0.25, 0.3) is 0 Å². The van der Waals surface area contributed by atoms with Crippen molar-refractivity contribution in [2.75, 3.05) is 0 Å². The van der Waals surface area contributed by atoms with Gasteiger partial charge in [-0.3, -0.25) is 0 Å². The molecule has 3 nitrogen and oxygen atoms in total. The van der Waals surface area contributed by atoms with Gasteiger partial charge in [-0.15, -0.1) is 0 Å². The Kier molecular flexibility index (Phi) is 4.35. The van der Waals surface area contributed by atoms with E-state index in [4.69, 9.17) is 4.42 Å². The van der Waals surface area contributed by atoms with E-state index >= 15 is 0 Å². The number of aryl methyl sites for hydroxylation is 1. The summed E-state index contributed by atoms with van der Waals surface area (Å²) < 4.78 is 5.98. The Bertz CT molecular complexity index is 661. The zero-order chi connectivity index (χ0) is 15.4. The van der Waals surface area contributed by atoms with Gasteiger partial charge in [0.1, 0.15) is 5.69 Å². The molecular weight excluding hydrogens is 274 g/mol. The number of aromatic nitrogens is 1. The monoisotopic (exact) mass is 293 g/mol. The number of benzene rings is 2. The van der Waals surface area contributed by atoms with Gasteiger partial charge in [-0.1, -0.05) is 60.7 Å². The quantitative estimate of drug-likeness (QED) is 0.762. The molecule has 1 atom stereocenters. The van der Waals surface area contributed by atoms with Crippen molar-refractivity contribution in [3.63, 3.8) is 0 Å². The van der Waals surface area contributed by atoms with Crippen molar-refractivity contribution in [1.82, 2.24) is 4.98 Å². The summed E-state index contributed by atoms with van der Waals surface area (Å²) in [7, 11) is 0. The van der Waals surface area contributed by atoms with Crippen molar-refractivity contribution in [2.24, 2.45) is 0 Å². The lowest BCUT2D eigenvalue weighted by atomic mass is 10.1. The minimum atomic E-state index is -0.354. The van der Waals surface area contributed by atoms with Gasteiger partial charge in [-0.25, -0.2) is 4.98 Å². The van der Waals surface area contributed by atoms with Gasteiger partial charge in [-0.05, 0) is 13.3 Å². The molecule has 1 heterocycles. The fourth-order valence-electron chi connectivity index (χ4n) is 2.38. The molecule has 0 saturated carbocycles. The highest BCUT2D eigenvalue weighted by Gasteiger charge is 2.16. The number of nitrogens with zero attached hydrogens (tertiary/aromatic N) is 1. The lowest BCUT2D eigenvalue weighted by Gasteiger charge is -2.01. The molecule has 0 aliphatic rings. The Morgan fingerprint density at radius 1 is 0.955 bits per heavy atom. The summed E-state index contributed by atoms with van der Waals surface area (Å²) in [6.45, 7) is 1.78. The van der Waals surface area contributed by atoms with Gasteiger partial charge >= 0.3 is 0 Å². The van der Waals surface area contributed by atoms with Crippen molar-refractivity contribution in [3.8, 4) is 22.6 Å². The van der Waals surface area contributed by atoms with E-state index in [0.29, 0.717) is 18.7 Å². The number of hydrogen-bond donors (Lipinski definition) is 1. The maximum absolute atomic E-state index is 9.45. The first-order chi connectivity index (χ1) is 10.7. The average molecular weight is 293 g/mol. The summed E-state index contributed by atoms with van der Waals surface area (Å²) in [5, 5.41) is 9.45. The van der Waals surface area contributed by atoms with Crippen LogP contribution in [-0.4, -0.2) is 16.2 Å². The predicted octanol–water partition coefficient (Wildman–Crippen LogP) is 4.32. The molecule has 22 heavy (non-hydrogen) atoms. The van der Waals surface area contributed by atoms with Gasteiger partial charge in [0.15, 0.2) is 11.7 Å². The van der Waals surface area contributed by atoms with Crippen LogP contribution in [0, 0.1) is 0 Å². The molecule has 3 aromatic rings. The van der Waals surface area contributed by atoms with Crippen LogP contribution in [0.15, 0.2) is 65.1 Å². The van der Waals surface area contributed by atoms with Gasteiger partial charge in [-0.2, -0.15) is 0 Å². The van der Waals surface area contributed by atoms with Crippen LogP contribution in [0.1, 0.15) is 19.2 Å². The molecule has 1 unspecified atom stereocenters. The van der Waals surface area contributed by atoms with Crippen LogP contribution in [0.5, 0.6) is 0 Å². The molecule has 1 N–H and O–H groups in total. The minimum Gasteiger partial charge on any atom is -0.440 e. The van der Waals surface area contributed by atoms with Crippen LogP contribution in [0.2, 0.25) is 0 Å². The molecule has 0 saturated heterocycles. The summed E-state index contributed by atoms with van der Waals surface area (Å²) in [6.07, 6.45) is 0.917. The Hall–Kier alpha value is -2.39. The van der Waals surface area contributed by atoms with E-state index in [0.717, 1.165) is 22.6 Å². The second kappa shape index (κ2) is 6.58. The predicted molar refractivity (Wildman–Crippen MR) is 87.4 cm³/mol. The Labute approximate surface area is 130 Å². The Morgan fingerprint density at radius 2 is 1.55 bits per heavy atom. The third-order valence-electron chi connectivity index (χ3n) is 3.53. The van der Waals surface area contributed by atoms with Crippen LogP contribution in [0.4, 0.5) is 0 Å². The zero-order valence-electron chi connectivity index (χ0n) is 12.6. The first-order valence-corrected chi connectivity index (χ1v) is 7.52. The lowest BCUT2D eigenvalue weighted by Crippen LogP contribution is -2.01. The fourth-order valence-corrected chi connectivity index (χ4v) is 2.38. The summed E-state index contributed by atoms with van der Waals surface area (Å²) >= 11 is 0. The van der Waals surface area contributed by atoms with Crippen LogP contribution < -0.4 is 0 Å². The standard InChI is InChI=1S/C19H19NO2/c1-14(21)12-13-17-20-18(15-8-4-2-5-9-15)19(22-17)16-10-6-3-7-11-16/h2-11,14,21H,12-13H2,1H3. The van der Waals surface area contributed by atoms with Crippen molar-refractivity contribution >= 4 is 0 Å². The van der Waals surface area contributed by atoms with Crippen LogP contribution in [0.3, 0.4) is 0 Å². The first kappa shape index (κ1) is 14.5. The molecule has 0 aliphatic heterocycles. The van der Waals surface area contributed by atoms with Crippen LogP contribution in [-0.2, 0) is 6.42 Å². The van der Waals surface area contributed by atoms with E-state index in [1.807, 2.05) is 60.7 Å². The minimum absolute atomic E-state index is 0.354. The molecule has 1 aromatic heterocycles. The molecule has 0 spiro atoms. The number of rotatable bonds is 5. The second-order valence-electron chi connectivity index (χ2n) is 5.41. The molecule has 0 bridgehead atoms. The third-order valence-corrected chi connectivity index (χ3v) is 3.53. The Balaban J connectivity index is 2.03. The smallest absolute Gasteiger partial charge is 0.195 e. The van der Waals surface area contributed by atoms with Crippen LogP contribution >= 0.6 is 0 Å². The highest BCUT2D eigenvalue weighted by atomic mass is 16.4. The number of aliphatic hydroxyl groups excluding tert-OH is 1. The van der Waals surface area contributed by atoms with E-state index in [2.05, 4.69) is 4.98 Å². The first-order valence-electron chi connectivity index (χ1n) is 7.52. The highest BCUT2D eigenvalue weighted by molar-refractivity contribution is 5.76. The third kappa shape index (κ3) is 3.26. The van der Waals surface area contributed by atoms with Crippen molar-refractivity contribution < 1.29 is 9.52 Å². The number of oxazole rings is 1. The lowest BCUT2D eigenvalue weighted by molar-refractivity contribution is 0.182. The maximum atomic E-state index is 9.45. The van der Waals surface area contributed by atoms with E-state index in [-0.39, 0.29) is 6.10 Å². The topological polar surface area (TPSA) is 46.3 Å². The van der Waals surface area contributed by atoms with Gasteiger partial charge < -0.3 is 9.52 Å². The molecule has 112 valence electrons. The molecule has 0 radical (unpaired) electrons. The molecule has 3 heteroatoms. The maximum Gasteiger partial charge on any atom is 0.195 e. The summed E-state index contributed by atoms with van der Waals surface area (Å²) in [4.78, 5) is 4.65. The molecule has 2 aromatic carbocycles. The fraction of sp³-hybridized carbons (Fsp3) is 0.211. The van der Waals surface area contributed by atoms with E-state index in [1.165, 1.54) is 0 Å². The van der Waals surface area contributed by atoms with E-state index in [1.54, 1.807) is 6.92 Å². The van der Waals surface area contributed by atoms with Crippen molar-refractivity contribution in [2.45, 2.75) is 25.9 Å². The highest BCUT2D eigenvalue weighted by Crippen LogP contribution is 2.32. The SMILES string of the molecule is CC(O)CCc1nc(-c2ccccc2)c(-c2ccccc2)o1. The average Bonchev–Trinajstić information content (AvgIpc) is 2.99. The Morgan fingerprint density at radius 3 is 2.14 bits per heavy atom. The molecule has 0 amide bonds. The summed E-state index contributed by atoms with van der Waals surface area (Å²) in [5.41, 5.74) is 2.90. The summed E-state index contributed by atoms with van der Waals surface area (Å²) in [5.74, 6) is 1.45. The molecule has 0 aliphatic carbocycles. The van der Waals surface area contributed by atoms with Gasteiger partial charge in [0.2, 0.25) is 0 Å². The molecule has 3 rings (SSSR count). The number of hydrogen-bond acceptors (Lipinski definition) is 3. The van der Waals surface area contributed by atoms with E-state index in [9.17, 15) is 5.11 Å².